The molecule has 0 radical (unpaired) electrons. The first kappa shape index (κ1) is 12.9. The molecule has 4 nitrogen and oxygen atoms in total. The van der Waals surface area contributed by atoms with E-state index in [-0.39, 0.29) is 22.7 Å². The van der Waals surface area contributed by atoms with Crippen LogP contribution in [0, 0.1) is 12.7 Å². The van der Waals surface area contributed by atoms with Crippen molar-refractivity contribution >= 4 is 11.7 Å². The standard InChI is InChI=1S/C14H12FNO3/c1-8-4-2-6-10(12(8)15)19-11-7-3-5-9(13(11)16)14(17)18/h2-7H,16H2,1H3,(H,17,18). The molecule has 0 amide bonds. The molecule has 0 saturated heterocycles. The maximum Gasteiger partial charge on any atom is 0.337 e. The minimum Gasteiger partial charge on any atom is -0.478 e. The van der Waals surface area contributed by atoms with E-state index in [1.807, 2.05) is 0 Å². The Morgan fingerprint density at radius 3 is 2.53 bits per heavy atom. The zero-order valence-corrected chi connectivity index (χ0v) is 10.2. The molecular formula is C14H12FNO3. The maximum atomic E-state index is 13.8. The molecule has 0 bridgehead atoms. The molecule has 0 atom stereocenters. The molecule has 5 heteroatoms. The van der Waals surface area contributed by atoms with Crippen LogP contribution in [-0.2, 0) is 0 Å². The van der Waals surface area contributed by atoms with Crippen LogP contribution in [-0.4, -0.2) is 11.1 Å². The second kappa shape index (κ2) is 4.97. The molecule has 2 rings (SSSR count). The Morgan fingerprint density at radius 1 is 1.21 bits per heavy atom. The molecule has 0 aliphatic carbocycles. The normalized spacial score (nSPS) is 10.2. The van der Waals surface area contributed by atoms with Crippen molar-refractivity contribution in [3.63, 3.8) is 0 Å². The Balaban J connectivity index is 2.42. The van der Waals surface area contributed by atoms with Gasteiger partial charge >= 0.3 is 5.97 Å². The van der Waals surface area contributed by atoms with E-state index in [1.54, 1.807) is 19.1 Å². The number of nitrogen functional groups attached to an aromatic ring is 1. The Morgan fingerprint density at radius 2 is 1.84 bits per heavy atom. The number of carboxylic acid groups (broad SMARTS) is 1. The number of hydrogen-bond acceptors (Lipinski definition) is 3. The number of nitrogens with two attached hydrogens (primary N) is 1. The number of aryl methyl sites for hydroxylation is 1. The summed E-state index contributed by atoms with van der Waals surface area (Å²) in [6.07, 6.45) is 0. The van der Waals surface area contributed by atoms with Gasteiger partial charge in [-0.15, -0.1) is 0 Å². The van der Waals surface area contributed by atoms with Gasteiger partial charge in [-0.1, -0.05) is 18.2 Å². The lowest BCUT2D eigenvalue weighted by Gasteiger charge is -2.11. The fraction of sp³-hybridized carbons (Fsp3) is 0.0714. The summed E-state index contributed by atoms with van der Waals surface area (Å²) in [6.45, 7) is 1.61. The minimum absolute atomic E-state index is 0.00855. The second-order valence-electron chi connectivity index (χ2n) is 4.01. The van der Waals surface area contributed by atoms with E-state index in [1.165, 1.54) is 24.3 Å². The van der Waals surface area contributed by atoms with E-state index in [9.17, 15) is 9.18 Å². The number of hydrogen-bond donors (Lipinski definition) is 2. The highest BCUT2D eigenvalue weighted by atomic mass is 19.1. The summed E-state index contributed by atoms with van der Waals surface area (Å²) in [4.78, 5) is 10.9. The smallest absolute Gasteiger partial charge is 0.337 e. The van der Waals surface area contributed by atoms with Crippen LogP contribution in [0.1, 0.15) is 15.9 Å². The largest absolute Gasteiger partial charge is 0.478 e. The average molecular weight is 261 g/mol. The molecule has 0 heterocycles. The number of anilines is 1. The van der Waals surface area contributed by atoms with Crippen LogP contribution in [0.4, 0.5) is 10.1 Å². The Kier molecular flexibility index (Phi) is 3.37. The van der Waals surface area contributed by atoms with Gasteiger partial charge in [0.15, 0.2) is 17.3 Å². The van der Waals surface area contributed by atoms with Crippen LogP contribution in [0.25, 0.3) is 0 Å². The van der Waals surface area contributed by atoms with Crippen molar-refractivity contribution in [1.82, 2.24) is 0 Å². The van der Waals surface area contributed by atoms with E-state index in [2.05, 4.69) is 0 Å². The summed E-state index contributed by atoms with van der Waals surface area (Å²) >= 11 is 0. The van der Waals surface area contributed by atoms with Gasteiger partial charge in [0.25, 0.3) is 0 Å². The number of para-hydroxylation sites is 1. The first-order chi connectivity index (χ1) is 9.00. The van der Waals surface area contributed by atoms with Gasteiger partial charge in [-0.3, -0.25) is 0 Å². The lowest BCUT2D eigenvalue weighted by atomic mass is 10.1. The number of halogens is 1. The van der Waals surface area contributed by atoms with Gasteiger partial charge in [0, 0.05) is 0 Å². The van der Waals surface area contributed by atoms with Crippen LogP contribution in [0.2, 0.25) is 0 Å². The SMILES string of the molecule is Cc1cccc(Oc2cccc(C(=O)O)c2N)c1F. The zero-order valence-electron chi connectivity index (χ0n) is 10.2. The van der Waals surface area contributed by atoms with Crippen LogP contribution in [0.5, 0.6) is 11.5 Å². The first-order valence-electron chi connectivity index (χ1n) is 5.55. The number of aromatic carboxylic acids is 1. The molecule has 2 aromatic carbocycles. The van der Waals surface area contributed by atoms with Gasteiger partial charge in [0.05, 0.1) is 11.3 Å². The monoisotopic (exact) mass is 261 g/mol. The zero-order chi connectivity index (χ0) is 14.0. The van der Waals surface area contributed by atoms with Crippen molar-refractivity contribution in [3.05, 3.63) is 53.3 Å². The molecular weight excluding hydrogens is 249 g/mol. The molecule has 0 aromatic heterocycles. The quantitative estimate of drug-likeness (QED) is 0.832. The summed E-state index contributed by atoms with van der Waals surface area (Å²) in [5.74, 6) is -1.53. The lowest BCUT2D eigenvalue weighted by Crippen LogP contribution is -2.04. The molecule has 2 aromatic rings. The van der Waals surface area contributed by atoms with Crippen molar-refractivity contribution in [1.29, 1.82) is 0 Å². The molecule has 98 valence electrons. The van der Waals surface area contributed by atoms with E-state index >= 15 is 0 Å². The second-order valence-corrected chi connectivity index (χ2v) is 4.01. The predicted octanol–water partition coefficient (Wildman–Crippen LogP) is 3.21. The molecule has 19 heavy (non-hydrogen) atoms. The van der Waals surface area contributed by atoms with E-state index < -0.39 is 11.8 Å². The Bertz CT molecular complexity index is 641. The summed E-state index contributed by atoms with van der Waals surface area (Å²) in [5, 5.41) is 8.95. The average Bonchev–Trinajstić information content (AvgIpc) is 2.37. The number of benzene rings is 2. The Labute approximate surface area is 109 Å². The summed E-state index contributed by atoms with van der Waals surface area (Å²) in [5.41, 5.74) is 6.02. The third kappa shape index (κ3) is 2.49. The van der Waals surface area contributed by atoms with Gasteiger partial charge in [0.2, 0.25) is 0 Å². The molecule has 3 N–H and O–H groups in total. The van der Waals surface area contributed by atoms with Gasteiger partial charge < -0.3 is 15.6 Å². The molecule has 0 aliphatic rings. The fourth-order valence-corrected chi connectivity index (χ4v) is 1.64. The Hall–Kier alpha value is -2.56. The van der Waals surface area contributed by atoms with Gasteiger partial charge in [-0.25, -0.2) is 9.18 Å². The van der Waals surface area contributed by atoms with E-state index in [0.717, 1.165) is 0 Å². The van der Waals surface area contributed by atoms with Gasteiger partial charge in [0.1, 0.15) is 0 Å². The van der Waals surface area contributed by atoms with Crippen LogP contribution >= 0.6 is 0 Å². The topological polar surface area (TPSA) is 72.5 Å². The minimum atomic E-state index is -1.16. The van der Waals surface area contributed by atoms with E-state index in [4.69, 9.17) is 15.6 Å². The van der Waals surface area contributed by atoms with Crippen molar-refractivity contribution in [2.75, 3.05) is 5.73 Å². The molecule has 0 aliphatic heterocycles. The molecule has 0 unspecified atom stereocenters. The molecule has 0 spiro atoms. The van der Waals surface area contributed by atoms with Gasteiger partial charge in [-0.2, -0.15) is 0 Å². The van der Waals surface area contributed by atoms with Crippen LogP contribution in [0.3, 0.4) is 0 Å². The van der Waals surface area contributed by atoms with Crippen molar-refractivity contribution in [3.8, 4) is 11.5 Å². The summed E-state index contributed by atoms with van der Waals surface area (Å²) in [6, 6.07) is 9.04. The molecule has 0 saturated carbocycles. The highest BCUT2D eigenvalue weighted by Gasteiger charge is 2.14. The van der Waals surface area contributed by atoms with Crippen molar-refractivity contribution < 1.29 is 19.0 Å². The van der Waals surface area contributed by atoms with Crippen molar-refractivity contribution in [2.24, 2.45) is 0 Å². The highest BCUT2D eigenvalue weighted by molar-refractivity contribution is 5.95. The predicted molar refractivity (Wildman–Crippen MR) is 69.0 cm³/mol. The van der Waals surface area contributed by atoms with Crippen LogP contribution < -0.4 is 10.5 Å². The van der Waals surface area contributed by atoms with E-state index in [0.29, 0.717) is 5.56 Å². The number of rotatable bonds is 3. The summed E-state index contributed by atoms with van der Waals surface area (Å²) in [7, 11) is 0. The van der Waals surface area contributed by atoms with Crippen LogP contribution in [0.15, 0.2) is 36.4 Å². The fourth-order valence-electron chi connectivity index (χ4n) is 1.64. The van der Waals surface area contributed by atoms with Crippen molar-refractivity contribution in [2.45, 2.75) is 6.92 Å². The molecule has 0 fully saturated rings. The number of carbonyl (C=O) groups is 1. The summed E-state index contributed by atoms with van der Waals surface area (Å²) < 4.78 is 19.1. The lowest BCUT2D eigenvalue weighted by molar-refractivity contribution is 0.0697. The third-order valence-electron chi connectivity index (χ3n) is 2.67. The highest BCUT2D eigenvalue weighted by Crippen LogP contribution is 2.32. The maximum absolute atomic E-state index is 13.8. The number of ether oxygens (including phenoxy) is 1. The third-order valence-corrected chi connectivity index (χ3v) is 2.67. The number of carboxylic acids is 1. The van der Waals surface area contributed by atoms with Gasteiger partial charge in [-0.05, 0) is 30.7 Å². The first-order valence-corrected chi connectivity index (χ1v) is 5.55.